The van der Waals surface area contributed by atoms with Crippen LogP contribution in [0.5, 0.6) is 0 Å². The van der Waals surface area contributed by atoms with E-state index in [-0.39, 0.29) is 12.2 Å². The number of hydrogen-bond donors (Lipinski definition) is 1. The maximum absolute atomic E-state index is 8.58. The Morgan fingerprint density at radius 3 is 2.50 bits per heavy atom. The third-order valence-corrected chi connectivity index (χ3v) is 2.33. The number of rotatable bonds is 4. The average molecular weight is 144 g/mol. The molecule has 0 saturated carbocycles. The molecule has 0 aromatic heterocycles. The van der Waals surface area contributed by atoms with Crippen molar-refractivity contribution in [3.05, 3.63) is 0 Å². The molecule has 1 N–H and O–H groups in total. The van der Waals surface area contributed by atoms with Gasteiger partial charge < -0.3 is 9.84 Å². The molecule has 0 radical (unpaired) electrons. The van der Waals surface area contributed by atoms with Gasteiger partial charge in [-0.3, -0.25) is 0 Å². The molecule has 1 aliphatic rings. The molecule has 1 aliphatic heterocycles. The number of epoxide rings is 1. The summed E-state index contributed by atoms with van der Waals surface area (Å²) in [5.41, 5.74) is 0.142. The Bertz CT molecular complexity index is 106. The average Bonchev–Trinajstić information content (AvgIpc) is 2.64. The van der Waals surface area contributed by atoms with Gasteiger partial charge in [0.1, 0.15) is 0 Å². The zero-order chi connectivity index (χ0) is 7.61. The lowest BCUT2D eigenvalue weighted by atomic mass is 9.92. The van der Waals surface area contributed by atoms with Crippen LogP contribution >= 0.6 is 0 Å². The van der Waals surface area contributed by atoms with E-state index in [1.54, 1.807) is 0 Å². The van der Waals surface area contributed by atoms with Gasteiger partial charge in [0.15, 0.2) is 0 Å². The molecule has 1 fully saturated rings. The van der Waals surface area contributed by atoms with Crippen LogP contribution in [0.2, 0.25) is 0 Å². The molecule has 2 heteroatoms. The predicted molar refractivity (Wildman–Crippen MR) is 39.8 cm³/mol. The van der Waals surface area contributed by atoms with Gasteiger partial charge in [0.2, 0.25) is 0 Å². The highest BCUT2D eigenvalue weighted by Gasteiger charge is 2.46. The fourth-order valence-electron chi connectivity index (χ4n) is 1.24. The molecule has 0 bridgehead atoms. The Morgan fingerprint density at radius 1 is 1.60 bits per heavy atom. The number of aliphatic hydroxyl groups is 1. The van der Waals surface area contributed by atoms with Crippen LogP contribution in [0, 0.1) is 5.92 Å². The first-order chi connectivity index (χ1) is 4.71. The highest BCUT2D eigenvalue weighted by molar-refractivity contribution is 4.94. The van der Waals surface area contributed by atoms with Crippen molar-refractivity contribution in [2.75, 3.05) is 13.2 Å². The Kier molecular flexibility index (Phi) is 2.32. The fraction of sp³-hybridized carbons (Fsp3) is 1.00. The van der Waals surface area contributed by atoms with E-state index in [9.17, 15) is 0 Å². The van der Waals surface area contributed by atoms with E-state index in [1.807, 2.05) is 0 Å². The van der Waals surface area contributed by atoms with Crippen LogP contribution in [0.25, 0.3) is 0 Å². The first kappa shape index (κ1) is 8.02. The summed E-state index contributed by atoms with van der Waals surface area (Å²) in [6, 6.07) is 0. The van der Waals surface area contributed by atoms with Gasteiger partial charge in [-0.1, -0.05) is 13.8 Å². The van der Waals surface area contributed by atoms with Gasteiger partial charge in [0, 0.05) is 6.61 Å². The van der Waals surface area contributed by atoms with Crippen molar-refractivity contribution in [1.29, 1.82) is 0 Å². The highest BCUT2D eigenvalue weighted by Crippen LogP contribution is 2.39. The van der Waals surface area contributed by atoms with Crippen molar-refractivity contribution < 1.29 is 9.84 Å². The van der Waals surface area contributed by atoms with Crippen LogP contribution in [0.1, 0.15) is 26.7 Å². The summed E-state index contributed by atoms with van der Waals surface area (Å²) in [6.07, 6.45) is 1.89. The molecule has 1 atom stereocenters. The van der Waals surface area contributed by atoms with Crippen LogP contribution in [-0.4, -0.2) is 23.9 Å². The summed E-state index contributed by atoms with van der Waals surface area (Å²) in [7, 11) is 0. The molecule has 0 amide bonds. The van der Waals surface area contributed by atoms with Crippen molar-refractivity contribution in [1.82, 2.24) is 0 Å². The van der Waals surface area contributed by atoms with Gasteiger partial charge in [-0.15, -0.1) is 0 Å². The van der Waals surface area contributed by atoms with E-state index in [2.05, 4.69) is 13.8 Å². The lowest BCUT2D eigenvalue weighted by Gasteiger charge is -2.14. The quantitative estimate of drug-likeness (QED) is 0.601. The number of hydrogen-bond acceptors (Lipinski definition) is 2. The summed E-state index contributed by atoms with van der Waals surface area (Å²) in [5, 5.41) is 8.58. The molecule has 0 spiro atoms. The van der Waals surface area contributed by atoms with E-state index in [1.165, 1.54) is 0 Å². The SMILES string of the molecule is CC(C)C1(CCCO)CO1. The second-order valence-electron chi connectivity index (χ2n) is 3.34. The smallest absolute Gasteiger partial charge is 0.0940 e. The lowest BCUT2D eigenvalue weighted by Crippen LogP contribution is -2.19. The zero-order valence-electron chi connectivity index (χ0n) is 6.76. The molecule has 10 heavy (non-hydrogen) atoms. The Hall–Kier alpha value is -0.0800. The predicted octanol–water partition coefficient (Wildman–Crippen LogP) is 1.18. The molecule has 0 aromatic rings. The molecule has 0 aliphatic carbocycles. The molecule has 1 rings (SSSR count). The Labute approximate surface area is 62.2 Å². The summed E-state index contributed by atoms with van der Waals surface area (Å²) < 4.78 is 5.35. The van der Waals surface area contributed by atoms with Crippen molar-refractivity contribution in [3.63, 3.8) is 0 Å². The minimum Gasteiger partial charge on any atom is -0.396 e. The third kappa shape index (κ3) is 1.50. The first-order valence-corrected chi connectivity index (χ1v) is 3.96. The van der Waals surface area contributed by atoms with E-state index >= 15 is 0 Å². The van der Waals surface area contributed by atoms with Gasteiger partial charge >= 0.3 is 0 Å². The number of ether oxygens (including phenoxy) is 1. The van der Waals surface area contributed by atoms with Gasteiger partial charge in [-0.25, -0.2) is 0 Å². The van der Waals surface area contributed by atoms with Gasteiger partial charge in [0.25, 0.3) is 0 Å². The van der Waals surface area contributed by atoms with Crippen LogP contribution in [0.15, 0.2) is 0 Å². The van der Waals surface area contributed by atoms with Crippen LogP contribution in [-0.2, 0) is 4.74 Å². The summed E-state index contributed by atoms with van der Waals surface area (Å²) in [4.78, 5) is 0. The van der Waals surface area contributed by atoms with E-state index < -0.39 is 0 Å². The van der Waals surface area contributed by atoms with E-state index in [4.69, 9.17) is 9.84 Å². The molecule has 1 saturated heterocycles. The van der Waals surface area contributed by atoms with Crippen molar-refractivity contribution in [3.8, 4) is 0 Å². The molecule has 1 heterocycles. The minimum absolute atomic E-state index is 0.142. The van der Waals surface area contributed by atoms with Crippen LogP contribution in [0.4, 0.5) is 0 Å². The van der Waals surface area contributed by atoms with Crippen molar-refractivity contribution >= 4 is 0 Å². The number of aliphatic hydroxyl groups excluding tert-OH is 1. The molecule has 60 valence electrons. The Balaban J connectivity index is 2.24. The zero-order valence-corrected chi connectivity index (χ0v) is 6.76. The molecular formula is C8H16O2. The second-order valence-corrected chi connectivity index (χ2v) is 3.34. The molecule has 2 nitrogen and oxygen atoms in total. The molecular weight excluding hydrogens is 128 g/mol. The first-order valence-electron chi connectivity index (χ1n) is 3.96. The maximum Gasteiger partial charge on any atom is 0.0940 e. The normalized spacial score (nSPS) is 31.2. The molecule has 0 aromatic carbocycles. The second kappa shape index (κ2) is 2.89. The largest absolute Gasteiger partial charge is 0.396 e. The topological polar surface area (TPSA) is 32.8 Å². The van der Waals surface area contributed by atoms with Crippen molar-refractivity contribution in [2.24, 2.45) is 5.92 Å². The summed E-state index contributed by atoms with van der Waals surface area (Å²) in [5.74, 6) is 0.596. The standard InChI is InChI=1S/C8H16O2/c1-7(2)8(6-10-8)4-3-5-9/h7,9H,3-6H2,1-2H3. The summed E-state index contributed by atoms with van der Waals surface area (Å²) in [6.45, 7) is 5.53. The van der Waals surface area contributed by atoms with Gasteiger partial charge in [-0.2, -0.15) is 0 Å². The Morgan fingerprint density at radius 2 is 2.20 bits per heavy atom. The summed E-state index contributed by atoms with van der Waals surface area (Å²) >= 11 is 0. The van der Waals surface area contributed by atoms with E-state index in [0.717, 1.165) is 19.4 Å². The van der Waals surface area contributed by atoms with Gasteiger partial charge in [0.05, 0.1) is 12.2 Å². The monoisotopic (exact) mass is 144 g/mol. The van der Waals surface area contributed by atoms with Crippen molar-refractivity contribution in [2.45, 2.75) is 32.3 Å². The third-order valence-electron chi connectivity index (χ3n) is 2.33. The van der Waals surface area contributed by atoms with Crippen LogP contribution < -0.4 is 0 Å². The fourth-order valence-corrected chi connectivity index (χ4v) is 1.24. The van der Waals surface area contributed by atoms with Crippen LogP contribution in [0.3, 0.4) is 0 Å². The highest BCUT2D eigenvalue weighted by atomic mass is 16.6. The van der Waals surface area contributed by atoms with E-state index in [0.29, 0.717) is 5.92 Å². The lowest BCUT2D eigenvalue weighted by molar-refractivity contribution is 0.199. The minimum atomic E-state index is 0.142. The van der Waals surface area contributed by atoms with Gasteiger partial charge in [-0.05, 0) is 18.8 Å². The maximum atomic E-state index is 8.58. The molecule has 1 unspecified atom stereocenters.